The molecule has 1 aliphatic carbocycles. The first kappa shape index (κ1) is 19.5. The van der Waals surface area contributed by atoms with Gasteiger partial charge in [-0.15, -0.1) is 11.3 Å². The van der Waals surface area contributed by atoms with Crippen LogP contribution in [0.5, 0.6) is 0 Å². The second-order valence-corrected chi connectivity index (χ2v) is 9.55. The molecule has 158 valence electrons. The average Bonchev–Trinajstić information content (AvgIpc) is 3.49. The molecular formula is C22H26N4O3S. The van der Waals surface area contributed by atoms with E-state index in [4.69, 9.17) is 4.98 Å². The van der Waals surface area contributed by atoms with Crippen LogP contribution < -0.4 is 5.56 Å². The molecule has 30 heavy (non-hydrogen) atoms. The second kappa shape index (κ2) is 7.98. The van der Waals surface area contributed by atoms with Crippen molar-refractivity contribution in [2.45, 2.75) is 57.5 Å². The first-order valence-electron chi connectivity index (χ1n) is 10.8. The number of H-pyrrole nitrogens is 1. The van der Waals surface area contributed by atoms with Gasteiger partial charge in [0, 0.05) is 29.4 Å². The van der Waals surface area contributed by atoms with Gasteiger partial charge in [0.05, 0.1) is 24.7 Å². The minimum absolute atomic E-state index is 0.0769. The van der Waals surface area contributed by atoms with E-state index in [9.17, 15) is 14.4 Å². The molecule has 2 amide bonds. The molecule has 1 N–H and O–H groups in total. The Labute approximate surface area is 179 Å². The van der Waals surface area contributed by atoms with Crippen LogP contribution in [0.25, 0.3) is 0 Å². The molecule has 8 heteroatoms. The molecule has 2 aromatic rings. The molecule has 1 saturated carbocycles. The Morgan fingerprint density at radius 3 is 2.83 bits per heavy atom. The Morgan fingerprint density at radius 1 is 1.20 bits per heavy atom. The van der Waals surface area contributed by atoms with Gasteiger partial charge in [0.2, 0.25) is 11.8 Å². The molecule has 0 radical (unpaired) electrons. The summed E-state index contributed by atoms with van der Waals surface area (Å²) in [5.41, 5.74) is 1.26. The summed E-state index contributed by atoms with van der Waals surface area (Å²) < 4.78 is 0. The molecule has 3 aliphatic rings. The summed E-state index contributed by atoms with van der Waals surface area (Å²) in [6.45, 7) is 1.67. The summed E-state index contributed by atoms with van der Waals surface area (Å²) in [4.78, 5) is 50.8. The van der Waals surface area contributed by atoms with Crippen LogP contribution in [0, 0.1) is 5.92 Å². The molecule has 0 spiro atoms. The lowest BCUT2D eigenvalue weighted by Crippen LogP contribution is -2.43. The smallest absolute Gasteiger partial charge is 0.254 e. The number of nitrogens with one attached hydrogen (secondary N) is 1. The summed E-state index contributed by atoms with van der Waals surface area (Å²) in [5, 5.41) is 1.98. The predicted octanol–water partition coefficient (Wildman–Crippen LogP) is 2.42. The Balaban J connectivity index is 1.40. The van der Waals surface area contributed by atoms with Gasteiger partial charge in [-0.2, -0.15) is 0 Å². The van der Waals surface area contributed by atoms with Gasteiger partial charge >= 0.3 is 0 Å². The number of carbonyl (C=O) groups excluding carboxylic acids is 2. The standard InChI is InChI=1S/C22H26N4O3S/c27-19(12-15-4-3-11-30-15)26-9-2-1-5-18(26)20-23-17-13-25(22(29)14-6-7-14)10-8-16(17)21(28)24-20/h3-4,11,14,18H,1-2,5-10,12-13H2,(H,23,24,28)/t18-/m1/s1. The minimum Gasteiger partial charge on any atom is -0.336 e. The van der Waals surface area contributed by atoms with E-state index >= 15 is 0 Å². The SMILES string of the molecule is O=C(C1CC1)N1CCc2c(nc([C@H]3CCCCN3C(=O)Cc3cccs3)[nH]c2=O)C1. The van der Waals surface area contributed by atoms with Crippen LogP contribution in [0.1, 0.15) is 60.1 Å². The first-order valence-corrected chi connectivity index (χ1v) is 11.7. The number of amides is 2. The van der Waals surface area contributed by atoms with Crippen molar-refractivity contribution in [3.8, 4) is 0 Å². The van der Waals surface area contributed by atoms with Crippen molar-refractivity contribution in [3.05, 3.63) is 49.8 Å². The van der Waals surface area contributed by atoms with E-state index in [2.05, 4.69) is 4.98 Å². The molecule has 2 aliphatic heterocycles. The fourth-order valence-electron chi connectivity index (χ4n) is 4.57. The number of fused-ring (bicyclic) bond motifs is 1. The fraction of sp³-hybridized carbons (Fsp3) is 0.545. The number of nitrogens with zero attached hydrogens (tertiary/aromatic N) is 3. The maximum Gasteiger partial charge on any atom is 0.254 e. The van der Waals surface area contributed by atoms with Gasteiger partial charge in [0.25, 0.3) is 5.56 Å². The van der Waals surface area contributed by atoms with E-state index in [-0.39, 0.29) is 29.3 Å². The maximum absolute atomic E-state index is 13.0. The van der Waals surface area contributed by atoms with Gasteiger partial charge in [-0.25, -0.2) is 4.98 Å². The van der Waals surface area contributed by atoms with Gasteiger partial charge in [0.1, 0.15) is 5.82 Å². The van der Waals surface area contributed by atoms with Crippen LogP contribution in [-0.4, -0.2) is 44.7 Å². The predicted molar refractivity (Wildman–Crippen MR) is 113 cm³/mol. The Bertz CT molecular complexity index is 1010. The van der Waals surface area contributed by atoms with E-state index in [1.807, 2.05) is 27.3 Å². The fourth-order valence-corrected chi connectivity index (χ4v) is 5.27. The molecule has 2 aromatic heterocycles. The van der Waals surface area contributed by atoms with Crippen molar-refractivity contribution in [3.63, 3.8) is 0 Å². The zero-order valence-corrected chi connectivity index (χ0v) is 17.7. The topological polar surface area (TPSA) is 86.4 Å². The van der Waals surface area contributed by atoms with E-state index < -0.39 is 0 Å². The normalized spacial score (nSPS) is 21.4. The van der Waals surface area contributed by atoms with Crippen molar-refractivity contribution >= 4 is 23.2 Å². The number of likely N-dealkylation sites (tertiary alicyclic amines) is 1. The monoisotopic (exact) mass is 426 g/mol. The molecule has 5 rings (SSSR count). The zero-order chi connectivity index (χ0) is 20.7. The number of carbonyl (C=O) groups is 2. The molecule has 1 saturated heterocycles. The van der Waals surface area contributed by atoms with E-state index in [1.165, 1.54) is 0 Å². The van der Waals surface area contributed by atoms with Crippen molar-refractivity contribution in [1.82, 2.24) is 19.8 Å². The van der Waals surface area contributed by atoms with E-state index in [0.717, 1.165) is 37.0 Å². The highest BCUT2D eigenvalue weighted by atomic mass is 32.1. The third kappa shape index (κ3) is 3.80. The summed E-state index contributed by atoms with van der Waals surface area (Å²) >= 11 is 1.59. The lowest BCUT2D eigenvalue weighted by atomic mass is 9.99. The third-order valence-corrected chi connectivity index (χ3v) is 7.25. The number of piperidine rings is 1. The summed E-state index contributed by atoms with van der Waals surface area (Å²) in [6, 6.07) is 3.73. The van der Waals surface area contributed by atoms with Crippen LogP contribution in [0.3, 0.4) is 0 Å². The van der Waals surface area contributed by atoms with Crippen LogP contribution in [0.2, 0.25) is 0 Å². The van der Waals surface area contributed by atoms with Gasteiger partial charge in [-0.3, -0.25) is 14.4 Å². The molecule has 0 aromatic carbocycles. The van der Waals surface area contributed by atoms with Gasteiger partial charge in [-0.1, -0.05) is 6.07 Å². The number of hydrogen-bond donors (Lipinski definition) is 1. The number of thiophene rings is 1. The minimum atomic E-state index is -0.210. The maximum atomic E-state index is 13.0. The van der Waals surface area contributed by atoms with Crippen LogP contribution in [-0.2, 0) is 29.0 Å². The summed E-state index contributed by atoms with van der Waals surface area (Å²) in [7, 11) is 0. The Kier molecular flexibility index (Phi) is 5.18. The van der Waals surface area contributed by atoms with Crippen LogP contribution >= 0.6 is 11.3 Å². The number of aromatic nitrogens is 2. The molecule has 1 atom stereocenters. The van der Waals surface area contributed by atoms with Gasteiger partial charge in [-0.05, 0) is 50.0 Å². The molecular weight excluding hydrogens is 400 g/mol. The lowest BCUT2D eigenvalue weighted by Gasteiger charge is -2.36. The highest BCUT2D eigenvalue weighted by Gasteiger charge is 2.36. The van der Waals surface area contributed by atoms with E-state index in [0.29, 0.717) is 49.6 Å². The van der Waals surface area contributed by atoms with E-state index in [1.54, 1.807) is 11.3 Å². The van der Waals surface area contributed by atoms with Gasteiger partial charge < -0.3 is 14.8 Å². The summed E-state index contributed by atoms with van der Waals surface area (Å²) in [6.07, 6.45) is 5.63. The quantitative estimate of drug-likeness (QED) is 0.814. The molecule has 4 heterocycles. The Morgan fingerprint density at radius 2 is 2.07 bits per heavy atom. The van der Waals surface area contributed by atoms with Crippen molar-refractivity contribution in [2.75, 3.05) is 13.1 Å². The number of hydrogen-bond acceptors (Lipinski definition) is 5. The Hall–Kier alpha value is -2.48. The largest absolute Gasteiger partial charge is 0.336 e. The van der Waals surface area contributed by atoms with Gasteiger partial charge in [0.15, 0.2) is 0 Å². The van der Waals surface area contributed by atoms with Crippen molar-refractivity contribution < 1.29 is 9.59 Å². The second-order valence-electron chi connectivity index (χ2n) is 8.52. The third-order valence-electron chi connectivity index (χ3n) is 6.37. The molecule has 2 fully saturated rings. The first-order chi connectivity index (χ1) is 14.6. The number of rotatable bonds is 4. The highest BCUT2D eigenvalue weighted by molar-refractivity contribution is 7.10. The van der Waals surface area contributed by atoms with Crippen molar-refractivity contribution in [2.24, 2.45) is 5.92 Å². The molecule has 7 nitrogen and oxygen atoms in total. The molecule has 0 bridgehead atoms. The average molecular weight is 427 g/mol. The van der Waals surface area contributed by atoms with Crippen LogP contribution in [0.4, 0.5) is 0 Å². The zero-order valence-electron chi connectivity index (χ0n) is 16.9. The molecule has 0 unspecified atom stereocenters. The summed E-state index contributed by atoms with van der Waals surface area (Å²) in [5.74, 6) is 0.998. The lowest BCUT2D eigenvalue weighted by molar-refractivity contribution is -0.134. The van der Waals surface area contributed by atoms with Crippen molar-refractivity contribution in [1.29, 1.82) is 0 Å². The number of aromatic amines is 1. The highest BCUT2D eigenvalue weighted by Crippen LogP contribution is 2.33. The van der Waals surface area contributed by atoms with Crippen LogP contribution in [0.15, 0.2) is 22.3 Å².